The standard InChI is InChI=1S/C28H43NO3/c1-4-5-6-7-8-9-10-11-12-13-14-15-16-17-18-19-20-21-22-23-27(30)29-26(28(31)32)24-25(2)3/h5-6,8-9,11-12,14-15,17-18,20-21,25-26H,4,7,10,13,16,19,22-24H2,1-3H3,(H,29,30)(H,31,32)/b6-5-,9-8-,12-11-,15-14-,18-17-,21-20-. The topological polar surface area (TPSA) is 66.4 Å². The highest BCUT2D eigenvalue weighted by atomic mass is 16.4. The third-order valence-corrected chi connectivity index (χ3v) is 4.48. The molecule has 32 heavy (non-hydrogen) atoms. The number of carbonyl (C=O) groups is 2. The molecule has 0 aromatic carbocycles. The first-order valence-corrected chi connectivity index (χ1v) is 11.9. The molecule has 4 nitrogen and oxygen atoms in total. The molecular formula is C28H43NO3. The number of aliphatic carboxylic acids is 1. The molecule has 0 aromatic rings. The first-order valence-electron chi connectivity index (χ1n) is 11.9. The summed E-state index contributed by atoms with van der Waals surface area (Å²) in [4.78, 5) is 23.1. The van der Waals surface area contributed by atoms with Crippen molar-refractivity contribution in [3.63, 3.8) is 0 Å². The van der Waals surface area contributed by atoms with Crippen molar-refractivity contribution in [3.05, 3.63) is 72.9 Å². The second kappa shape index (κ2) is 21.6. The van der Waals surface area contributed by atoms with Crippen molar-refractivity contribution < 1.29 is 14.7 Å². The number of nitrogens with one attached hydrogen (secondary N) is 1. The number of carboxylic acid groups (broad SMARTS) is 1. The number of carbonyl (C=O) groups excluding carboxylic acids is 1. The molecule has 0 saturated carbocycles. The molecule has 0 aliphatic rings. The van der Waals surface area contributed by atoms with Gasteiger partial charge in [0.15, 0.2) is 0 Å². The maximum atomic E-state index is 11.9. The van der Waals surface area contributed by atoms with E-state index in [2.05, 4.69) is 73.0 Å². The lowest BCUT2D eigenvalue weighted by Crippen LogP contribution is -2.41. The van der Waals surface area contributed by atoms with Crippen LogP contribution in [-0.2, 0) is 9.59 Å². The molecule has 1 atom stereocenters. The van der Waals surface area contributed by atoms with E-state index in [1.165, 1.54) is 0 Å². The van der Waals surface area contributed by atoms with E-state index < -0.39 is 12.0 Å². The molecule has 0 fully saturated rings. The van der Waals surface area contributed by atoms with Crippen LogP contribution in [0.25, 0.3) is 0 Å². The Hall–Kier alpha value is -2.62. The molecule has 0 radical (unpaired) electrons. The molecule has 178 valence electrons. The Bertz CT molecular complexity index is 666. The van der Waals surface area contributed by atoms with Gasteiger partial charge >= 0.3 is 5.97 Å². The number of carboxylic acids is 1. The normalized spacial score (nSPS) is 13.8. The zero-order valence-electron chi connectivity index (χ0n) is 20.2. The highest BCUT2D eigenvalue weighted by Gasteiger charge is 2.20. The number of hydrogen-bond donors (Lipinski definition) is 2. The van der Waals surface area contributed by atoms with Crippen LogP contribution >= 0.6 is 0 Å². The highest BCUT2D eigenvalue weighted by molar-refractivity contribution is 5.83. The number of hydrogen-bond acceptors (Lipinski definition) is 2. The van der Waals surface area contributed by atoms with Crippen molar-refractivity contribution in [2.45, 2.75) is 84.6 Å². The monoisotopic (exact) mass is 441 g/mol. The van der Waals surface area contributed by atoms with E-state index in [9.17, 15) is 9.59 Å². The van der Waals surface area contributed by atoms with Crippen LogP contribution in [0.5, 0.6) is 0 Å². The smallest absolute Gasteiger partial charge is 0.326 e. The van der Waals surface area contributed by atoms with Gasteiger partial charge in [0.1, 0.15) is 6.04 Å². The molecule has 1 unspecified atom stereocenters. The average Bonchev–Trinajstić information content (AvgIpc) is 2.74. The summed E-state index contributed by atoms with van der Waals surface area (Å²) in [5, 5.41) is 11.8. The van der Waals surface area contributed by atoms with Gasteiger partial charge in [-0.2, -0.15) is 0 Å². The fourth-order valence-electron chi connectivity index (χ4n) is 2.81. The number of allylic oxidation sites excluding steroid dienone is 12. The zero-order chi connectivity index (χ0) is 23.9. The van der Waals surface area contributed by atoms with Gasteiger partial charge in [0.2, 0.25) is 5.91 Å². The first-order chi connectivity index (χ1) is 15.5. The van der Waals surface area contributed by atoms with Gasteiger partial charge in [0.05, 0.1) is 0 Å². The molecule has 0 spiro atoms. The molecule has 0 aliphatic carbocycles. The summed E-state index contributed by atoms with van der Waals surface area (Å²) in [7, 11) is 0. The lowest BCUT2D eigenvalue weighted by molar-refractivity contribution is -0.142. The van der Waals surface area contributed by atoms with Crippen LogP contribution in [0, 0.1) is 5.92 Å². The Labute approximate surface area is 195 Å². The summed E-state index contributed by atoms with van der Waals surface area (Å²) < 4.78 is 0. The Kier molecular flexibility index (Phi) is 19.8. The van der Waals surface area contributed by atoms with Crippen LogP contribution in [0.2, 0.25) is 0 Å². The summed E-state index contributed by atoms with van der Waals surface area (Å²) in [5.41, 5.74) is 0. The minimum atomic E-state index is -0.971. The van der Waals surface area contributed by atoms with Gasteiger partial charge in [0.25, 0.3) is 0 Å². The van der Waals surface area contributed by atoms with E-state index in [0.29, 0.717) is 19.3 Å². The zero-order valence-corrected chi connectivity index (χ0v) is 20.2. The third-order valence-electron chi connectivity index (χ3n) is 4.48. The molecule has 0 heterocycles. The summed E-state index contributed by atoms with van der Waals surface area (Å²) >= 11 is 0. The maximum Gasteiger partial charge on any atom is 0.326 e. The molecule has 4 heteroatoms. The predicted molar refractivity (Wildman–Crippen MR) is 136 cm³/mol. The number of amides is 1. The highest BCUT2D eigenvalue weighted by Crippen LogP contribution is 2.06. The largest absolute Gasteiger partial charge is 0.480 e. The van der Waals surface area contributed by atoms with E-state index in [4.69, 9.17) is 5.11 Å². The lowest BCUT2D eigenvalue weighted by Gasteiger charge is -2.16. The summed E-state index contributed by atoms with van der Waals surface area (Å²) in [6.07, 6.45) is 32.9. The molecule has 2 N–H and O–H groups in total. The predicted octanol–water partition coefficient (Wildman–Crippen LogP) is 7.08. The van der Waals surface area contributed by atoms with Gasteiger partial charge < -0.3 is 10.4 Å². The average molecular weight is 442 g/mol. The Balaban J connectivity index is 3.79. The van der Waals surface area contributed by atoms with Crippen LogP contribution in [0.3, 0.4) is 0 Å². The fraction of sp³-hybridized carbons (Fsp3) is 0.500. The Morgan fingerprint density at radius 1 is 0.719 bits per heavy atom. The SMILES string of the molecule is CC/C=C\C/C=C\C/C=C\C/C=C\C/C=C\C/C=C\CCC(=O)NC(CC(C)C)C(=O)O. The molecule has 0 saturated heterocycles. The van der Waals surface area contributed by atoms with Crippen molar-refractivity contribution in [1.29, 1.82) is 0 Å². The molecule has 0 aromatic heterocycles. The van der Waals surface area contributed by atoms with E-state index in [-0.39, 0.29) is 11.8 Å². The fourth-order valence-corrected chi connectivity index (χ4v) is 2.81. The first kappa shape index (κ1) is 29.4. The minimum Gasteiger partial charge on any atom is -0.480 e. The second-order valence-corrected chi connectivity index (χ2v) is 8.04. The van der Waals surface area contributed by atoms with Crippen LogP contribution in [0.1, 0.15) is 78.6 Å². The van der Waals surface area contributed by atoms with Crippen LogP contribution in [0.4, 0.5) is 0 Å². The van der Waals surface area contributed by atoms with Crippen molar-refractivity contribution in [2.75, 3.05) is 0 Å². The molecule has 0 rings (SSSR count). The summed E-state index contributed by atoms with van der Waals surface area (Å²) in [6, 6.07) is -0.798. The van der Waals surface area contributed by atoms with Gasteiger partial charge in [0, 0.05) is 6.42 Å². The third kappa shape index (κ3) is 20.6. The van der Waals surface area contributed by atoms with E-state index in [0.717, 1.165) is 38.5 Å². The molecule has 0 bridgehead atoms. The van der Waals surface area contributed by atoms with Gasteiger partial charge in [-0.25, -0.2) is 4.79 Å². The second-order valence-electron chi connectivity index (χ2n) is 8.04. The van der Waals surface area contributed by atoms with Crippen LogP contribution < -0.4 is 5.32 Å². The Morgan fingerprint density at radius 2 is 1.12 bits per heavy atom. The number of rotatable bonds is 18. The Morgan fingerprint density at radius 3 is 1.50 bits per heavy atom. The lowest BCUT2D eigenvalue weighted by atomic mass is 10.0. The van der Waals surface area contributed by atoms with Crippen LogP contribution in [-0.4, -0.2) is 23.0 Å². The van der Waals surface area contributed by atoms with Gasteiger partial charge in [-0.3, -0.25) is 4.79 Å². The molecule has 0 aliphatic heterocycles. The van der Waals surface area contributed by atoms with E-state index in [1.807, 2.05) is 26.0 Å². The van der Waals surface area contributed by atoms with Gasteiger partial charge in [-0.15, -0.1) is 0 Å². The van der Waals surface area contributed by atoms with Crippen molar-refractivity contribution in [3.8, 4) is 0 Å². The van der Waals surface area contributed by atoms with Crippen molar-refractivity contribution in [2.24, 2.45) is 5.92 Å². The van der Waals surface area contributed by atoms with Crippen molar-refractivity contribution in [1.82, 2.24) is 5.32 Å². The van der Waals surface area contributed by atoms with Gasteiger partial charge in [-0.1, -0.05) is 93.7 Å². The molecule has 1 amide bonds. The van der Waals surface area contributed by atoms with E-state index in [1.54, 1.807) is 0 Å². The van der Waals surface area contributed by atoms with E-state index >= 15 is 0 Å². The maximum absolute atomic E-state index is 11.9. The quantitative estimate of drug-likeness (QED) is 0.223. The van der Waals surface area contributed by atoms with Gasteiger partial charge in [-0.05, 0) is 57.3 Å². The minimum absolute atomic E-state index is 0.211. The summed E-state index contributed by atoms with van der Waals surface area (Å²) in [6.45, 7) is 6.03. The molecular weight excluding hydrogens is 398 g/mol. The van der Waals surface area contributed by atoms with Crippen LogP contribution in [0.15, 0.2) is 72.9 Å². The van der Waals surface area contributed by atoms with Crippen molar-refractivity contribution >= 4 is 11.9 Å². The summed E-state index contributed by atoms with van der Waals surface area (Å²) in [5.74, 6) is -0.960.